The molecular formula is C20H34BN3O4. The summed E-state index contributed by atoms with van der Waals surface area (Å²) in [6, 6.07) is 0. The number of amides is 1. The molecule has 2 heterocycles. The molecule has 1 aromatic rings. The third kappa shape index (κ3) is 5.85. The molecular weight excluding hydrogens is 357 g/mol. The third-order valence-corrected chi connectivity index (χ3v) is 4.85. The van der Waals surface area contributed by atoms with E-state index in [1.165, 1.54) is 0 Å². The molecule has 0 unspecified atom stereocenters. The van der Waals surface area contributed by atoms with Gasteiger partial charge in [-0.05, 0) is 60.4 Å². The van der Waals surface area contributed by atoms with Crippen molar-refractivity contribution in [1.29, 1.82) is 0 Å². The summed E-state index contributed by atoms with van der Waals surface area (Å²) < 4.78 is 19.6. The average Bonchev–Trinajstić information content (AvgIpc) is 3.04. The number of alkyl carbamates (subject to hydrolysis) is 1. The Kier molecular flexibility index (Phi) is 6.66. The van der Waals surface area contributed by atoms with Crippen LogP contribution in [0.25, 0.3) is 6.08 Å². The molecule has 1 aliphatic heterocycles. The Morgan fingerprint density at radius 3 is 2.43 bits per heavy atom. The maximum absolute atomic E-state index is 12.1. The number of hydrogen-bond donors (Lipinski definition) is 1. The quantitative estimate of drug-likeness (QED) is 0.746. The summed E-state index contributed by atoms with van der Waals surface area (Å²) in [4.78, 5) is 12.1. The van der Waals surface area contributed by atoms with Crippen LogP contribution in [0.5, 0.6) is 0 Å². The van der Waals surface area contributed by atoms with Crippen molar-refractivity contribution in [2.45, 2.75) is 85.2 Å². The van der Waals surface area contributed by atoms with Crippen LogP contribution < -0.4 is 5.32 Å². The largest absolute Gasteiger partial charge is 0.492 e. The summed E-state index contributed by atoms with van der Waals surface area (Å²) in [6.07, 6.45) is 6.27. The van der Waals surface area contributed by atoms with Gasteiger partial charge in [-0.2, -0.15) is 5.10 Å². The fraction of sp³-hybridized carbons (Fsp3) is 0.700. The van der Waals surface area contributed by atoms with Crippen molar-refractivity contribution < 1.29 is 18.8 Å². The van der Waals surface area contributed by atoms with Gasteiger partial charge >= 0.3 is 13.2 Å². The van der Waals surface area contributed by atoms with E-state index < -0.39 is 30.0 Å². The minimum atomic E-state index is -0.561. The SMILES string of the molecule is CCCn1cc(C=C(CNC(=O)OC(C)(C)C)B2OC(C)(C)C(C)(C)O2)cn1. The number of nitrogens with zero attached hydrogens (tertiary/aromatic N) is 2. The van der Waals surface area contributed by atoms with Gasteiger partial charge in [0.1, 0.15) is 5.60 Å². The van der Waals surface area contributed by atoms with E-state index in [0.717, 1.165) is 24.0 Å². The number of hydrogen-bond acceptors (Lipinski definition) is 5. The van der Waals surface area contributed by atoms with Crippen molar-refractivity contribution in [2.24, 2.45) is 0 Å². The number of ether oxygens (including phenoxy) is 1. The van der Waals surface area contributed by atoms with E-state index in [-0.39, 0.29) is 6.54 Å². The van der Waals surface area contributed by atoms with E-state index in [4.69, 9.17) is 14.0 Å². The Labute approximate surface area is 168 Å². The molecule has 0 spiro atoms. The summed E-state index contributed by atoms with van der Waals surface area (Å²) in [6.45, 7) is 16.7. The van der Waals surface area contributed by atoms with Gasteiger partial charge in [-0.3, -0.25) is 4.68 Å². The normalized spacial score (nSPS) is 19.0. The Bertz CT molecular complexity index is 703. The average molecular weight is 391 g/mol. The molecule has 0 radical (unpaired) electrons. The number of nitrogens with one attached hydrogen (secondary N) is 1. The molecule has 1 saturated heterocycles. The van der Waals surface area contributed by atoms with Gasteiger partial charge in [0.15, 0.2) is 0 Å². The van der Waals surface area contributed by atoms with Gasteiger partial charge in [-0.1, -0.05) is 13.0 Å². The highest BCUT2D eigenvalue weighted by atomic mass is 16.7. The van der Waals surface area contributed by atoms with Crippen LogP contribution in [0.4, 0.5) is 4.79 Å². The molecule has 0 atom stereocenters. The maximum atomic E-state index is 12.1. The smallest absolute Gasteiger partial charge is 0.444 e. The van der Waals surface area contributed by atoms with Gasteiger partial charge < -0.3 is 19.4 Å². The molecule has 2 rings (SSSR count). The van der Waals surface area contributed by atoms with Crippen LogP contribution >= 0.6 is 0 Å². The molecule has 0 aliphatic carbocycles. The molecule has 28 heavy (non-hydrogen) atoms. The van der Waals surface area contributed by atoms with Gasteiger partial charge in [0.25, 0.3) is 0 Å². The first kappa shape index (κ1) is 22.5. The zero-order chi connectivity index (χ0) is 21.2. The zero-order valence-electron chi connectivity index (χ0n) is 18.5. The standard InChI is InChI=1S/C20H34BN3O4/c1-9-10-24-14-15(12-23-24)11-16(13-22-17(25)26-18(2,3)4)21-27-19(5,6)20(7,8)28-21/h11-12,14H,9-10,13H2,1-8H3,(H,22,25). The summed E-state index contributed by atoms with van der Waals surface area (Å²) in [5.41, 5.74) is 0.258. The van der Waals surface area contributed by atoms with Crippen LogP contribution in [-0.2, 0) is 20.6 Å². The minimum Gasteiger partial charge on any atom is -0.444 e. The van der Waals surface area contributed by atoms with E-state index in [1.54, 1.807) is 6.20 Å². The zero-order valence-corrected chi connectivity index (χ0v) is 18.5. The summed E-state index contributed by atoms with van der Waals surface area (Å²) >= 11 is 0. The second kappa shape index (κ2) is 8.29. The number of aromatic nitrogens is 2. The Morgan fingerprint density at radius 1 is 1.29 bits per heavy atom. The number of carbonyl (C=O) groups is 1. The fourth-order valence-corrected chi connectivity index (χ4v) is 2.70. The third-order valence-electron chi connectivity index (χ3n) is 4.85. The molecule has 1 N–H and O–H groups in total. The molecule has 1 amide bonds. The summed E-state index contributed by atoms with van der Waals surface area (Å²) in [5.74, 6) is 0. The van der Waals surface area contributed by atoms with Gasteiger partial charge in [0, 0.05) is 24.8 Å². The van der Waals surface area contributed by atoms with Crippen LogP contribution in [0, 0.1) is 0 Å². The number of aryl methyl sites for hydroxylation is 1. The topological polar surface area (TPSA) is 74.6 Å². The fourth-order valence-electron chi connectivity index (χ4n) is 2.70. The lowest BCUT2D eigenvalue weighted by molar-refractivity contribution is 0.00578. The van der Waals surface area contributed by atoms with Crippen LogP contribution in [0.2, 0.25) is 0 Å². The highest BCUT2D eigenvalue weighted by Gasteiger charge is 2.52. The maximum Gasteiger partial charge on any atom is 0.492 e. The lowest BCUT2D eigenvalue weighted by Gasteiger charge is -2.32. The Morgan fingerprint density at radius 2 is 1.89 bits per heavy atom. The lowest BCUT2D eigenvalue weighted by Crippen LogP contribution is -2.41. The van der Waals surface area contributed by atoms with Crippen molar-refractivity contribution in [2.75, 3.05) is 6.54 Å². The van der Waals surface area contributed by atoms with Crippen LogP contribution in [-0.4, -0.2) is 46.3 Å². The van der Waals surface area contributed by atoms with Gasteiger partial charge in [-0.25, -0.2) is 4.79 Å². The van der Waals surface area contributed by atoms with E-state index in [2.05, 4.69) is 17.3 Å². The summed E-state index contributed by atoms with van der Waals surface area (Å²) in [7, 11) is -0.561. The van der Waals surface area contributed by atoms with E-state index in [0.29, 0.717) is 0 Å². The van der Waals surface area contributed by atoms with Gasteiger partial charge in [0.2, 0.25) is 0 Å². The highest BCUT2D eigenvalue weighted by molar-refractivity contribution is 6.56. The summed E-state index contributed by atoms with van der Waals surface area (Å²) in [5, 5.41) is 7.17. The molecule has 7 nitrogen and oxygen atoms in total. The number of rotatable bonds is 6. The van der Waals surface area contributed by atoms with Crippen LogP contribution in [0.15, 0.2) is 17.9 Å². The van der Waals surface area contributed by atoms with Gasteiger partial charge in [0.05, 0.1) is 17.4 Å². The van der Waals surface area contributed by atoms with Crippen LogP contribution in [0.1, 0.15) is 67.4 Å². The molecule has 1 aromatic heterocycles. The predicted molar refractivity (Wildman–Crippen MR) is 111 cm³/mol. The molecule has 0 saturated carbocycles. The van der Waals surface area contributed by atoms with Crippen molar-refractivity contribution in [1.82, 2.24) is 15.1 Å². The first-order valence-corrected chi connectivity index (χ1v) is 9.88. The van der Waals surface area contributed by atoms with Crippen molar-refractivity contribution in [3.8, 4) is 0 Å². The molecule has 1 fully saturated rings. The van der Waals surface area contributed by atoms with Crippen LogP contribution in [0.3, 0.4) is 0 Å². The molecule has 156 valence electrons. The molecule has 1 aliphatic rings. The first-order chi connectivity index (χ1) is 12.8. The second-order valence-electron chi connectivity index (χ2n) is 9.20. The van der Waals surface area contributed by atoms with E-state index in [1.807, 2.05) is 65.4 Å². The molecule has 0 aromatic carbocycles. The van der Waals surface area contributed by atoms with Crippen molar-refractivity contribution in [3.63, 3.8) is 0 Å². The minimum absolute atomic E-state index is 0.255. The monoisotopic (exact) mass is 391 g/mol. The second-order valence-corrected chi connectivity index (χ2v) is 9.20. The van der Waals surface area contributed by atoms with Crippen molar-refractivity contribution >= 4 is 19.3 Å². The highest BCUT2D eigenvalue weighted by Crippen LogP contribution is 2.38. The van der Waals surface area contributed by atoms with E-state index >= 15 is 0 Å². The lowest BCUT2D eigenvalue weighted by atomic mass is 9.77. The van der Waals surface area contributed by atoms with Gasteiger partial charge in [-0.15, -0.1) is 0 Å². The Hall–Kier alpha value is -1.80. The predicted octanol–water partition coefficient (Wildman–Crippen LogP) is 3.83. The van der Waals surface area contributed by atoms with E-state index in [9.17, 15) is 4.79 Å². The molecule has 8 heteroatoms. The molecule has 0 bridgehead atoms. The number of carbonyl (C=O) groups excluding carboxylic acids is 1. The first-order valence-electron chi connectivity index (χ1n) is 9.88. The Balaban J connectivity index is 2.20. The van der Waals surface area contributed by atoms with Crippen molar-refractivity contribution in [3.05, 3.63) is 23.4 Å².